The van der Waals surface area contributed by atoms with Crippen LogP contribution in [0.25, 0.3) is 67.2 Å². The SMILES string of the molecule is c1ccc(-c2nc(-c3ccc(-c4cccc5c4oc4ccccc45)cc3)nc(-c3ccc(N4c5ccccc5Oc5ccccc54)cc3)n2)cc1. The van der Waals surface area contributed by atoms with E-state index in [1.54, 1.807) is 0 Å². The molecule has 0 fully saturated rings. The lowest BCUT2D eigenvalue weighted by molar-refractivity contribution is 0.477. The molecule has 0 N–H and O–H groups in total. The number of aromatic nitrogens is 3. The Labute approximate surface area is 293 Å². The fourth-order valence-corrected chi connectivity index (χ4v) is 6.87. The van der Waals surface area contributed by atoms with Crippen LogP contribution in [-0.4, -0.2) is 15.0 Å². The zero-order chi connectivity index (χ0) is 33.7. The molecule has 6 heteroatoms. The molecular formula is C45H28N4O2. The average Bonchev–Trinajstić information content (AvgIpc) is 3.59. The van der Waals surface area contributed by atoms with Gasteiger partial charge >= 0.3 is 0 Å². The molecular weight excluding hydrogens is 629 g/mol. The second-order valence-electron chi connectivity index (χ2n) is 12.4. The van der Waals surface area contributed by atoms with Gasteiger partial charge in [0.1, 0.15) is 11.2 Å². The first-order valence-corrected chi connectivity index (χ1v) is 16.9. The number of hydrogen-bond donors (Lipinski definition) is 0. The second-order valence-corrected chi connectivity index (χ2v) is 12.4. The fraction of sp³-hybridized carbons (Fsp3) is 0. The summed E-state index contributed by atoms with van der Waals surface area (Å²) < 4.78 is 12.5. The number of fused-ring (bicyclic) bond motifs is 5. The highest BCUT2D eigenvalue weighted by Crippen LogP contribution is 2.50. The van der Waals surface area contributed by atoms with Gasteiger partial charge in [0.2, 0.25) is 0 Å². The van der Waals surface area contributed by atoms with Crippen LogP contribution in [0.3, 0.4) is 0 Å². The van der Waals surface area contributed by atoms with Crippen molar-refractivity contribution in [2.45, 2.75) is 0 Å². The van der Waals surface area contributed by atoms with E-state index in [0.717, 1.165) is 78.3 Å². The van der Waals surface area contributed by atoms with Crippen molar-refractivity contribution in [3.05, 3.63) is 170 Å². The first-order chi connectivity index (χ1) is 25.3. The van der Waals surface area contributed by atoms with Crippen LogP contribution in [0.2, 0.25) is 0 Å². The van der Waals surface area contributed by atoms with Gasteiger partial charge in [0.15, 0.2) is 29.0 Å². The molecule has 3 heterocycles. The Morgan fingerprint density at radius 2 is 0.902 bits per heavy atom. The number of nitrogens with zero attached hydrogens (tertiary/aromatic N) is 4. The Hall–Kier alpha value is -7.05. The van der Waals surface area contributed by atoms with Gasteiger partial charge < -0.3 is 14.1 Å². The summed E-state index contributed by atoms with van der Waals surface area (Å²) in [5, 5.41) is 2.22. The zero-order valence-corrected chi connectivity index (χ0v) is 27.3. The van der Waals surface area contributed by atoms with E-state index in [-0.39, 0.29) is 0 Å². The van der Waals surface area contributed by atoms with Crippen LogP contribution < -0.4 is 9.64 Å². The van der Waals surface area contributed by atoms with Gasteiger partial charge in [-0.3, -0.25) is 0 Å². The van der Waals surface area contributed by atoms with Crippen LogP contribution in [0.4, 0.5) is 17.1 Å². The minimum absolute atomic E-state index is 0.601. The molecule has 7 aromatic carbocycles. The maximum atomic E-state index is 6.32. The van der Waals surface area contributed by atoms with Gasteiger partial charge in [-0.15, -0.1) is 0 Å². The molecule has 0 bridgehead atoms. The van der Waals surface area contributed by atoms with E-state index in [0.29, 0.717) is 17.5 Å². The molecule has 1 aliphatic heterocycles. The van der Waals surface area contributed by atoms with Gasteiger partial charge in [0.05, 0.1) is 11.4 Å². The lowest BCUT2D eigenvalue weighted by Crippen LogP contribution is -2.15. The van der Waals surface area contributed by atoms with Crippen molar-refractivity contribution in [3.8, 4) is 56.8 Å². The van der Waals surface area contributed by atoms with Gasteiger partial charge in [0, 0.05) is 38.7 Å². The maximum absolute atomic E-state index is 6.32. The lowest BCUT2D eigenvalue weighted by Gasteiger charge is -2.32. The summed E-state index contributed by atoms with van der Waals surface area (Å²) in [5.41, 5.74) is 9.56. The number of anilines is 3. The highest BCUT2D eigenvalue weighted by atomic mass is 16.5. The standard InChI is InChI=1S/C45H28N4O2/c1-2-11-30(12-3-1)43-46-44(31-23-21-29(22-24-31)34-14-10-15-36-35-13-4-7-18-39(35)51-42(34)36)48-45(47-43)32-25-27-33(28-26-32)49-37-16-5-8-19-40(37)50-41-20-9-6-17-38(41)49/h1-28H. The number of furan rings is 1. The lowest BCUT2D eigenvalue weighted by atomic mass is 10.0. The predicted molar refractivity (Wildman–Crippen MR) is 204 cm³/mol. The fourth-order valence-electron chi connectivity index (χ4n) is 6.87. The molecule has 9 aromatic rings. The van der Waals surface area contributed by atoms with Crippen LogP contribution in [0.5, 0.6) is 11.5 Å². The van der Waals surface area contributed by atoms with Gasteiger partial charge in [-0.2, -0.15) is 0 Å². The molecule has 0 radical (unpaired) electrons. The third kappa shape index (κ3) is 5.01. The van der Waals surface area contributed by atoms with Crippen molar-refractivity contribution in [3.63, 3.8) is 0 Å². The van der Waals surface area contributed by atoms with Crippen LogP contribution >= 0.6 is 0 Å². The molecule has 0 atom stereocenters. The van der Waals surface area contributed by atoms with Crippen molar-refractivity contribution in [1.29, 1.82) is 0 Å². The molecule has 0 saturated heterocycles. The number of benzene rings is 7. The summed E-state index contributed by atoms with van der Waals surface area (Å²) in [6, 6.07) is 57.4. The number of ether oxygens (including phenoxy) is 1. The summed E-state index contributed by atoms with van der Waals surface area (Å²) in [6.07, 6.45) is 0. The van der Waals surface area contributed by atoms with Gasteiger partial charge in [0.25, 0.3) is 0 Å². The summed E-state index contributed by atoms with van der Waals surface area (Å²) in [5.74, 6) is 3.45. The van der Waals surface area contributed by atoms with E-state index in [9.17, 15) is 0 Å². The van der Waals surface area contributed by atoms with E-state index in [2.05, 4.69) is 89.8 Å². The molecule has 6 nitrogen and oxygen atoms in total. The molecule has 0 amide bonds. The summed E-state index contributed by atoms with van der Waals surface area (Å²) in [4.78, 5) is 17.2. The van der Waals surface area contributed by atoms with Crippen molar-refractivity contribution < 1.29 is 9.15 Å². The largest absolute Gasteiger partial charge is 0.455 e. The number of rotatable bonds is 5. The first-order valence-electron chi connectivity index (χ1n) is 16.9. The number of hydrogen-bond acceptors (Lipinski definition) is 6. The Balaban J connectivity index is 1.04. The summed E-state index contributed by atoms with van der Waals surface area (Å²) >= 11 is 0. The van der Waals surface area contributed by atoms with Crippen LogP contribution in [0.1, 0.15) is 0 Å². The van der Waals surface area contributed by atoms with E-state index < -0.39 is 0 Å². The zero-order valence-electron chi connectivity index (χ0n) is 27.3. The van der Waals surface area contributed by atoms with Gasteiger partial charge in [-0.1, -0.05) is 115 Å². The first kappa shape index (κ1) is 28.9. The molecule has 0 spiro atoms. The maximum Gasteiger partial charge on any atom is 0.164 e. The Morgan fingerprint density at radius 1 is 0.392 bits per heavy atom. The average molecular weight is 657 g/mol. The predicted octanol–water partition coefficient (Wildman–Crippen LogP) is 12.0. The minimum atomic E-state index is 0.601. The molecule has 0 unspecified atom stereocenters. The number of para-hydroxylation sites is 6. The van der Waals surface area contributed by atoms with E-state index in [1.807, 2.05) is 84.9 Å². The van der Waals surface area contributed by atoms with Crippen molar-refractivity contribution in [2.75, 3.05) is 4.90 Å². The van der Waals surface area contributed by atoms with Crippen molar-refractivity contribution >= 4 is 39.0 Å². The smallest absolute Gasteiger partial charge is 0.164 e. The highest BCUT2D eigenvalue weighted by molar-refractivity contribution is 6.09. The Kier molecular flexibility index (Phi) is 6.70. The normalized spacial score (nSPS) is 12.0. The monoisotopic (exact) mass is 656 g/mol. The second kappa shape index (κ2) is 11.8. The van der Waals surface area contributed by atoms with Crippen molar-refractivity contribution in [1.82, 2.24) is 15.0 Å². The molecule has 0 aliphatic carbocycles. The highest BCUT2D eigenvalue weighted by Gasteiger charge is 2.25. The van der Waals surface area contributed by atoms with Crippen LogP contribution in [0, 0.1) is 0 Å². The third-order valence-corrected chi connectivity index (χ3v) is 9.34. The summed E-state index contributed by atoms with van der Waals surface area (Å²) in [7, 11) is 0. The van der Waals surface area contributed by atoms with E-state index >= 15 is 0 Å². The van der Waals surface area contributed by atoms with E-state index in [4.69, 9.17) is 24.1 Å². The minimum Gasteiger partial charge on any atom is -0.455 e. The van der Waals surface area contributed by atoms with Gasteiger partial charge in [-0.25, -0.2) is 15.0 Å². The van der Waals surface area contributed by atoms with Crippen LogP contribution in [-0.2, 0) is 0 Å². The molecule has 51 heavy (non-hydrogen) atoms. The topological polar surface area (TPSA) is 64.3 Å². The van der Waals surface area contributed by atoms with Crippen LogP contribution in [0.15, 0.2) is 174 Å². The Morgan fingerprint density at radius 3 is 1.57 bits per heavy atom. The molecule has 0 saturated carbocycles. The molecule has 240 valence electrons. The van der Waals surface area contributed by atoms with E-state index in [1.165, 1.54) is 0 Å². The molecule has 10 rings (SSSR count). The molecule has 2 aromatic heterocycles. The quantitative estimate of drug-likeness (QED) is 0.184. The van der Waals surface area contributed by atoms with Gasteiger partial charge in [-0.05, 0) is 60.2 Å². The summed E-state index contributed by atoms with van der Waals surface area (Å²) in [6.45, 7) is 0. The third-order valence-electron chi connectivity index (χ3n) is 9.34. The molecule has 1 aliphatic rings. The Bertz CT molecular complexity index is 2680. The van der Waals surface area contributed by atoms with Crippen molar-refractivity contribution in [2.24, 2.45) is 0 Å².